The number of anilines is 1. The average Bonchev–Trinajstić information content (AvgIpc) is 2.58. The molecule has 0 bridgehead atoms. The molecule has 0 aromatic heterocycles. The van der Waals surface area contributed by atoms with E-state index in [-0.39, 0.29) is 10.7 Å². The molecular formula is C18H18ClFN2O3. The maximum atomic E-state index is 13.7. The van der Waals surface area contributed by atoms with Gasteiger partial charge in [-0.3, -0.25) is 9.59 Å². The first kappa shape index (κ1) is 18.7. The number of rotatable bonds is 5. The second-order valence-electron chi connectivity index (χ2n) is 5.28. The molecular weight excluding hydrogens is 347 g/mol. The summed E-state index contributed by atoms with van der Waals surface area (Å²) in [5.41, 5.74) is 0.695. The van der Waals surface area contributed by atoms with Crippen molar-refractivity contribution in [3.05, 3.63) is 58.9 Å². The van der Waals surface area contributed by atoms with Crippen LogP contribution in [0.3, 0.4) is 0 Å². The van der Waals surface area contributed by atoms with Crippen molar-refractivity contribution in [2.45, 2.75) is 19.9 Å². The van der Waals surface area contributed by atoms with E-state index in [0.717, 1.165) is 17.4 Å². The molecule has 132 valence electrons. The maximum Gasteiger partial charge on any atom is 0.313 e. The molecule has 0 saturated heterocycles. The van der Waals surface area contributed by atoms with Gasteiger partial charge < -0.3 is 15.4 Å². The lowest BCUT2D eigenvalue weighted by molar-refractivity contribution is -0.136. The molecule has 5 nitrogen and oxygen atoms in total. The molecule has 2 rings (SSSR count). The predicted molar refractivity (Wildman–Crippen MR) is 94.2 cm³/mol. The zero-order chi connectivity index (χ0) is 18.4. The van der Waals surface area contributed by atoms with E-state index < -0.39 is 23.7 Å². The molecule has 0 spiro atoms. The van der Waals surface area contributed by atoms with Gasteiger partial charge in [-0.2, -0.15) is 0 Å². The van der Waals surface area contributed by atoms with Crippen molar-refractivity contribution >= 4 is 29.1 Å². The van der Waals surface area contributed by atoms with Gasteiger partial charge in [0.15, 0.2) is 0 Å². The smallest absolute Gasteiger partial charge is 0.313 e. The van der Waals surface area contributed by atoms with Crippen LogP contribution in [0.5, 0.6) is 5.75 Å². The summed E-state index contributed by atoms with van der Waals surface area (Å²) in [5.74, 6) is -1.82. The Morgan fingerprint density at radius 2 is 1.84 bits per heavy atom. The minimum Gasteiger partial charge on any atom is -0.494 e. The number of carbonyl (C=O) groups excluding carboxylic acids is 2. The number of ether oxygens (including phenoxy) is 1. The molecule has 0 radical (unpaired) electrons. The number of halogens is 2. The van der Waals surface area contributed by atoms with E-state index in [9.17, 15) is 14.0 Å². The quantitative estimate of drug-likeness (QED) is 0.795. The molecule has 2 N–H and O–H groups in total. The summed E-state index contributed by atoms with van der Waals surface area (Å²) in [6.07, 6.45) is 0. The Balaban J connectivity index is 1.96. The van der Waals surface area contributed by atoms with Gasteiger partial charge in [-0.25, -0.2) is 4.39 Å². The van der Waals surface area contributed by atoms with Crippen LogP contribution in [0.15, 0.2) is 42.5 Å². The number of hydrogen-bond acceptors (Lipinski definition) is 3. The first-order valence-corrected chi connectivity index (χ1v) is 8.08. The average molecular weight is 365 g/mol. The Kier molecular flexibility index (Phi) is 6.36. The minimum atomic E-state index is -0.959. The fourth-order valence-electron chi connectivity index (χ4n) is 2.13. The standard InChI is InChI=1S/C18H18ClFN2O3/c1-3-25-14-7-4-12(5-8-14)11(2)21-17(23)18(24)22-16-9-6-13(19)10-15(16)20/h4-11H,3H2,1-2H3,(H,21,23)(H,22,24). The van der Waals surface area contributed by atoms with Crippen LogP contribution in [-0.2, 0) is 9.59 Å². The van der Waals surface area contributed by atoms with Crippen molar-refractivity contribution in [3.8, 4) is 5.75 Å². The molecule has 1 unspecified atom stereocenters. The predicted octanol–water partition coefficient (Wildman–Crippen LogP) is 3.69. The highest BCUT2D eigenvalue weighted by Gasteiger charge is 2.18. The van der Waals surface area contributed by atoms with E-state index in [1.165, 1.54) is 12.1 Å². The van der Waals surface area contributed by atoms with Crippen molar-refractivity contribution in [3.63, 3.8) is 0 Å². The number of amides is 2. The lowest BCUT2D eigenvalue weighted by Crippen LogP contribution is -2.37. The molecule has 2 aromatic rings. The van der Waals surface area contributed by atoms with E-state index in [0.29, 0.717) is 6.61 Å². The molecule has 0 fully saturated rings. The molecule has 0 heterocycles. The van der Waals surface area contributed by atoms with Crippen LogP contribution in [-0.4, -0.2) is 18.4 Å². The second-order valence-corrected chi connectivity index (χ2v) is 5.71. The zero-order valence-electron chi connectivity index (χ0n) is 13.8. The van der Waals surface area contributed by atoms with Crippen LogP contribution in [0, 0.1) is 5.82 Å². The monoisotopic (exact) mass is 364 g/mol. The van der Waals surface area contributed by atoms with Gasteiger partial charge in [0.25, 0.3) is 0 Å². The summed E-state index contributed by atoms with van der Waals surface area (Å²) < 4.78 is 19.0. The second kappa shape index (κ2) is 8.48. The molecule has 2 amide bonds. The highest BCUT2D eigenvalue weighted by molar-refractivity contribution is 6.39. The largest absolute Gasteiger partial charge is 0.494 e. The highest BCUT2D eigenvalue weighted by atomic mass is 35.5. The van der Waals surface area contributed by atoms with Crippen molar-refractivity contribution in [1.82, 2.24) is 5.32 Å². The zero-order valence-corrected chi connectivity index (χ0v) is 14.6. The van der Waals surface area contributed by atoms with E-state index in [1.54, 1.807) is 31.2 Å². The molecule has 25 heavy (non-hydrogen) atoms. The Hall–Kier alpha value is -2.60. The highest BCUT2D eigenvalue weighted by Crippen LogP contribution is 2.19. The number of nitrogens with one attached hydrogen (secondary N) is 2. The van der Waals surface area contributed by atoms with Gasteiger partial charge in [0, 0.05) is 5.02 Å². The first-order valence-electron chi connectivity index (χ1n) is 7.70. The lowest BCUT2D eigenvalue weighted by Gasteiger charge is -2.15. The number of carbonyl (C=O) groups is 2. The first-order chi connectivity index (χ1) is 11.9. The molecule has 0 saturated carbocycles. The van der Waals surface area contributed by atoms with Crippen molar-refractivity contribution in [2.75, 3.05) is 11.9 Å². The van der Waals surface area contributed by atoms with Crippen molar-refractivity contribution in [2.24, 2.45) is 0 Å². The summed E-state index contributed by atoms with van der Waals surface area (Å²) in [7, 11) is 0. The molecule has 2 aromatic carbocycles. The number of benzene rings is 2. The summed E-state index contributed by atoms with van der Waals surface area (Å²) in [4.78, 5) is 23.9. The third-order valence-corrected chi connectivity index (χ3v) is 3.66. The normalized spacial score (nSPS) is 11.5. The minimum absolute atomic E-state index is 0.113. The van der Waals surface area contributed by atoms with E-state index in [4.69, 9.17) is 16.3 Å². The third-order valence-electron chi connectivity index (χ3n) is 3.42. The maximum absolute atomic E-state index is 13.7. The Morgan fingerprint density at radius 1 is 1.16 bits per heavy atom. The van der Waals surface area contributed by atoms with Crippen LogP contribution in [0.2, 0.25) is 5.02 Å². The summed E-state index contributed by atoms with van der Waals surface area (Å²) in [5, 5.41) is 4.97. The Morgan fingerprint density at radius 3 is 2.44 bits per heavy atom. The molecule has 1 atom stereocenters. The third kappa shape index (κ3) is 5.19. The van der Waals surface area contributed by atoms with Crippen LogP contribution >= 0.6 is 11.6 Å². The van der Waals surface area contributed by atoms with E-state index in [2.05, 4.69) is 10.6 Å². The fourth-order valence-corrected chi connectivity index (χ4v) is 2.29. The summed E-state index contributed by atoms with van der Waals surface area (Å²) >= 11 is 5.64. The Bertz CT molecular complexity index is 765. The molecule has 0 aliphatic rings. The van der Waals surface area contributed by atoms with Crippen LogP contribution in [0.1, 0.15) is 25.5 Å². The molecule has 0 aliphatic carbocycles. The van der Waals surface area contributed by atoms with E-state index in [1.807, 2.05) is 6.92 Å². The van der Waals surface area contributed by atoms with Crippen molar-refractivity contribution in [1.29, 1.82) is 0 Å². The van der Waals surface area contributed by atoms with Gasteiger partial charge in [0.1, 0.15) is 11.6 Å². The van der Waals surface area contributed by atoms with Gasteiger partial charge in [-0.1, -0.05) is 23.7 Å². The lowest BCUT2D eigenvalue weighted by atomic mass is 10.1. The van der Waals surface area contributed by atoms with Crippen LogP contribution in [0.4, 0.5) is 10.1 Å². The van der Waals surface area contributed by atoms with Gasteiger partial charge in [-0.05, 0) is 49.7 Å². The van der Waals surface area contributed by atoms with E-state index >= 15 is 0 Å². The summed E-state index contributed by atoms with van der Waals surface area (Å²) in [6, 6.07) is 10.5. The Labute approximate surface area is 150 Å². The molecule has 7 heteroatoms. The number of hydrogen-bond donors (Lipinski definition) is 2. The van der Waals surface area contributed by atoms with Crippen LogP contribution in [0.25, 0.3) is 0 Å². The van der Waals surface area contributed by atoms with Gasteiger partial charge >= 0.3 is 11.8 Å². The fraction of sp³-hybridized carbons (Fsp3) is 0.222. The van der Waals surface area contributed by atoms with Gasteiger partial charge in [0.05, 0.1) is 18.3 Å². The topological polar surface area (TPSA) is 67.4 Å². The SMILES string of the molecule is CCOc1ccc(C(C)NC(=O)C(=O)Nc2ccc(Cl)cc2F)cc1. The van der Waals surface area contributed by atoms with Gasteiger partial charge in [-0.15, -0.1) is 0 Å². The van der Waals surface area contributed by atoms with Crippen LogP contribution < -0.4 is 15.4 Å². The molecule has 0 aliphatic heterocycles. The van der Waals surface area contributed by atoms with Gasteiger partial charge in [0.2, 0.25) is 0 Å². The summed E-state index contributed by atoms with van der Waals surface area (Å²) in [6.45, 7) is 4.19. The van der Waals surface area contributed by atoms with Crippen molar-refractivity contribution < 1.29 is 18.7 Å².